The maximum atomic E-state index is 12.6. The second-order valence-corrected chi connectivity index (χ2v) is 9.53. The number of anilines is 1. The number of carbonyl (C=O) groups is 1. The van der Waals surface area contributed by atoms with Crippen LogP contribution in [0.3, 0.4) is 0 Å². The molecule has 0 radical (unpaired) electrons. The number of para-hydroxylation sites is 1. The van der Waals surface area contributed by atoms with E-state index in [-0.39, 0.29) is 22.0 Å². The monoisotopic (exact) mass is 574 g/mol. The second-order valence-electron chi connectivity index (χ2n) is 6.82. The lowest BCUT2D eigenvalue weighted by atomic mass is 10.1. The van der Waals surface area contributed by atoms with Crippen LogP contribution >= 0.6 is 22.6 Å². The van der Waals surface area contributed by atoms with Crippen LogP contribution in [-0.2, 0) is 14.9 Å². The van der Waals surface area contributed by atoms with Crippen LogP contribution < -0.4 is 14.2 Å². The standard InChI is InChI=1S/C24H19IN2O5S/c1-16-8-6-7-11-21(16)27-24(28)18(15-26)12-17-13-20(25)23(22(14-17)31-2)32-33(29,30)19-9-4-3-5-10-19/h3-14H,1-2H3,(H,27,28)/b18-12+. The molecule has 1 amide bonds. The van der Waals surface area contributed by atoms with Gasteiger partial charge in [-0.2, -0.15) is 13.7 Å². The summed E-state index contributed by atoms with van der Waals surface area (Å²) in [5, 5.41) is 12.2. The summed E-state index contributed by atoms with van der Waals surface area (Å²) in [6.07, 6.45) is 1.40. The summed E-state index contributed by atoms with van der Waals surface area (Å²) in [5.74, 6) is -0.404. The largest absolute Gasteiger partial charge is 0.493 e. The lowest BCUT2D eigenvalue weighted by molar-refractivity contribution is -0.112. The molecule has 9 heteroatoms. The zero-order valence-corrected chi connectivity index (χ0v) is 20.7. The highest BCUT2D eigenvalue weighted by Crippen LogP contribution is 2.36. The first-order chi connectivity index (χ1) is 15.7. The van der Waals surface area contributed by atoms with Crippen molar-refractivity contribution in [3.8, 4) is 17.6 Å². The predicted molar refractivity (Wildman–Crippen MR) is 133 cm³/mol. The number of methoxy groups -OCH3 is 1. The lowest BCUT2D eigenvalue weighted by Gasteiger charge is -2.13. The average molecular weight is 574 g/mol. The van der Waals surface area contributed by atoms with Crippen molar-refractivity contribution in [1.29, 1.82) is 5.26 Å². The topological polar surface area (TPSA) is 105 Å². The van der Waals surface area contributed by atoms with E-state index in [0.717, 1.165) is 5.56 Å². The molecule has 168 valence electrons. The first kappa shape index (κ1) is 24.3. The summed E-state index contributed by atoms with van der Waals surface area (Å²) >= 11 is 1.91. The van der Waals surface area contributed by atoms with Gasteiger partial charge in [0.25, 0.3) is 5.91 Å². The molecule has 3 rings (SSSR count). The molecule has 0 aliphatic rings. The van der Waals surface area contributed by atoms with Crippen molar-refractivity contribution in [2.45, 2.75) is 11.8 Å². The van der Waals surface area contributed by atoms with Gasteiger partial charge in [0.15, 0.2) is 11.5 Å². The summed E-state index contributed by atoms with van der Waals surface area (Å²) in [6.45, 7) is 1.85. The number of ether oxygens (including phenoxy) is 1. The normalized spacial score (nSPS) is 11.4. The molecular formula is C24H19IN2O5S. The molecule has 0 bridgehead atoms. The van der Waals surface area contributed by atoms with Crippen molar-refractivity contribution in [3.63, 3.8) is 0 Å². The van der Waals surface area contributed by atoms with Crippen LogP contribution in [0, 0.1) is 21.8 Å². The number of hydrogen-bond acceptors (Lipinski definition) is 6. The van der Waals surface area contributed by atoms with E-state index in [9.17, 15) is 18.5 Å². The lowest BCUT2D eigenvalue weighted by Crippen LogP contribution is -2.14. The van der Waals surface area contributed by atoms with Crippen molar-refractivity contribution in [2.24, 2.45) is 0 Å². The number of aryl methyl sites for hydroxylation is 1. The molecule has 0 aliphatic heterocycles. The maximum Gasteiger partial charge on any atom is 0.339 e. The van der Waals surface area contributed by atoms with Gasteiger partial charge in [0.1, 0.15) is 16.5 Å². The van der Waals surface area contributed by atoms with Crippen molar-refractivity contribution < 1.29 is 22.1 Å². The molecule has 0 spiro atoms. The van der Waals surface area contributed by atoms with E-state index in [1.807, 2.05) is 47.7 Å². The van der Waals surface area contributed by atoms with Gasteiger partial charge in [0.05, 0.1) is 10.7 Å². The number of carbonyl (C=O) groups excluding carboxylic acids is 1. The zero-order chi connectivity index (χ0) is 24.0. The molecule has 0 unspecified atom stereocenters. The van der Waals surface area contributed by atoms with E-state index in [2.05, 4.69) is 5.32 Å². The van der Waals surface area contributed by atoms with Crippen molar-refractivity contribution in [1.82, 2.24) is 0 Å². The minimum absolute atomic E-state index is 0.00599. The predicted octanol–water partition coefficient (Wildman–Crippen LogP) is 4.92. The number of benzene rings is 3. The Morgan fingerprint density at radius 3 is 2.39 bits per heavy atom. The number of hydrogen-bond donors (Lipinski definition) is 1. The quantitative estimate of drug-likeness (QED) is 0.186. The molecule has 3 aromatic carbocycles. The van der Waals surface area contributed by atoms with E-state index in [4.69, 9.17) is 8.92 Å². The Morgan fingerprint density at radius 1 is 1.09 bits per heavy atom. The van der Waals surface area contributed by atoms with Gasteiger partial charge in [0.2, 0.25) is 0 Å². The summed E-state index contributed by atoms with van der Waals surface area (Å²) in [7, 11) is -2.71. The van der Waals surface area contributed by atoms with E-state index >= 15 is 0 Å². The highest BCUT2D eigenvalue weighted by Gasteiger charge is 2.22. The Hall–Kier alpha value is -3.36. The summed E-state index contributed by atoms with van der Waals surface area (Å²) in [6, 6.07) is 20.0. The molecule has 0 aliphatic carbocycles. The molecule has 7 nitrogen and oxygen atoms in total. The minimum Gasteiger partial charge on any atom is -0.493 e. The maximum absolute atomic E-state index is 12.6. The Balaban J connectivity index is 1.92. The third kappa shape index (κ3) is 5.91. The zero-order valence-electron chi connectivity index (χ0n) is 17.7. The van der Waals surface area contributed by atoms with Crippen LogP contribution in [0.5, 0.6) is 11.5 Å². The fraction of sp³-hybridized carbons (Fsp3) is 0.0833. The van der Waals surface area contributed by atoms with E-state index < -0.39 is 16.0 Å². The Labute approximate surface area is 205 Å². The summed E-state index contributed by atoms with van der Waals surface area (Å²) in [4.78, 5) is 12.6. The second kappa shape index (κ2) is 10.5. The molecule has 1 N–H and O–H groups in total. The third-order valence-electron chi connectivity index (χ3n) is 4.55. The number of nitriles is 1. The van der Waals surface area contributed by atoms with Gasteiger partial charge in [0, 0.05) is 5.69 Å². The third-order valence-corrected chi connectivity index (χ3v) is 6.58. The summed E-state index contributed by atoms with van der Waals surface area (Å²) in [5.41, 5.74) is 1.81. The van der Waals surface area contributed by atoms with Gasteiger partial charge in [-0.1, -0.05) is 36.4 Å². The van der Waals surface area contributed by atoms with Crippen molar-refractivity contribution >= 4 is 50.4 Å². The van der Waals surface area contributed by atoms with Gasteiger partial charge in [-0.05, 0) is 77.0 Å². The first-order valence-corrected chi connectivity index (χ1v) is 12.1. The van der Waals surface area contributed by atoms with E-state index in [0.29, 0.717) is 14.8 Å². The molecule has 3 aromatic rings. The molecule has 0 aromatic heterocycles. The Morgan fingerprint density at radius 2 is 1.76 bits per heavy atom. The fourth-order valence-corrected chi connectivity index (χ4v) is 4.73. The minimum atomic E-state index is -4.08. The molecule has 0 atom stereocenters. The number of rotatable bonds is 7. The van der Waals surface area contributed by atoms with Crippen LogP contribution in [0.15, 0.2) is 77.2 Å². The number of halogens is 1. The van der Waals surface area contributed by atoms with Gasteiger partial charge >= 0.3 is 10.1 Å². The van der Waals surface area contributed by atoms with E-state index in [1.165, 1.54) is 31.4 Å². The Bertz CT molecular complexity index is 1360. The van der Waals surface area contributed by atoms with Crippen LogP contribution in [0.2, 0.25) is 0 Å². The highest BCUT2D eigenvalue weighted by atomic mass is 127. The van der Waals surface area contributed by atoms with Crippen LogP contribution in [0.25, 0.3) is 6.08 Å². The van der Waals surface area contributed by atoms with E-state index in [1.54, 1.807) is 36.4 Å². The van der Waals surface area contributed by atoms with Gasteiger partial charge in [-0.25, -0.2) is 0 Å². The SMILES string of the molecule is COc1cc(/C=C(\C#N)C(=O)Nc2ccccc2C)cc(I)c1OS(=O)(=O)c1ccccc1. The highest BCUT2D eigenvalue weighted by molar-refractivity contribution is 14.1. The van der Waals surface area contributed by atoms with Crippen LogP contribution in [0.4, 0.5) is 5.69 Å². The number of nitrogens with one attached hydrogen (secondary N) is 1. The van der Waals surface area contributed by atoms with Gasteiger partial charge in [-0.15, -0.1) is 0 Å². The molecule has 33 heavy (non-hydrogen) atoms. The van der Waals surface area contributed by atoms with Gasteiger partial charge < -0.3 is 14.2 Å². The first-order valence-electron chi connectivity index (χ1n) is 9.61. The number of amides is 1. The fourth-order valence-electron chi connectivity index (χ4n) is 2.87. The van der Waals surface area contributed by atoms with Crippen LogP contribution in [-0.4, -0.2) is 21.4 Å². The molecular weight excluding hydrogens is 555 g/mol. The van der Waals surface area contributed by atoms with Crippen molar-refractivity contribution in [3.05, 3.63) is 87.0 Å². The Kier molecular flexibility index (Phi) is 7.73. The summed E-state index contributed by atoms with van der Waals surface area (Å²) < 4.78 is 36.4. The van der Waals surface area contributed by atoms with Crippen molar-refractivity contribution in [2.75, 3.05) is 12.4 Å². The molecule has 0 saturated heterocycles. The van der Waals surface area contributed by atoms with Crippen LogP contribution in [0.1, 0.15) is 11.1 Å². The average Bonchev–Trinajstić information content (AvgIpc) is 2.80. The smallest absolute Gasteiger partial charge is 0.339 e. The van der Waals surface area contributed by atoms with Gasteiger partial charge in [-0.3, -0.25) is 4.79 Å². The molecule has 0 heterocycles. The molecule has 0 saturated carbocycles. The number of nitrogens with zero attached hydrogens (tertiary/aromatic N) is 1. The molecule has 0 fully saturated rings.